The van der Waals surface area contributed by atoms with Crippen LogP contribution in [0.15, 0.2) is 59.5 Å². The summed E-state index contributed by atoms with van der Waals surface area (Å²) in [6, 6.07) is 14.7. The molecule has 0 unspecified atom stereocenters. The minimum absolute atomic E-state index is 0.154. The number of hydrogen-bond acceptors (Lipinski definition) is 8. The van der Waals surface area contributed by atoms with E-state index in [1.165, 1.54) is 33.5 Å². The van der Waals surface area contributed by atoms with Gasteiger partial charge in [0.15, 0.2) is 6.61 Å². The van der Waals surface area contributed by atoms with Gasteiger partial charge in [0.05, 0.1) is 31.3 Å². The first kappa shape index (κ1) is 29.9. The molecule has 2 fully saturated rings. The third-order valence-electron chi connectivity index (χ3n) is 6.99. The Kier molecular flexibility index (Phi) is 10.9. The molecule has 1 N–H and O–H groups in total. The summed E-state index contributed by atoms with van der Waals surface area (Å²) >= 11 is 0. The van der Waals surface area contributed by atoms with Crippen LogP contribution in [-0.2, 0) is 35.6 Å². The highest BCUT2D eigenvalue weighted by Crippen LogP contribution is 2.21. The van der Waals surface area contributed by atoms with Crippen LogP contribution in [0.2, 0.25) is 0 Å². The largest absolute Gasteiger partial charge is 0.484 e. The van der Waals surface area contributed by atoms with Crippen LogP contribution >= 0.6 is 0 Å². The molecule has 4 rings (SSSR count). The summed E-state index contributed by atoms with van der Waals surface area (Å²) in [5, 5.41) is 2.95. The van der Waals surface area contributed by atoms with E-state index in [1.807, 2.05) is 30.3 Å². The number of carbonyl (C=O) groups is 2. The summed E-state index contributed by atoms with van der Waals surface area (Å²) in [6.45, 7) is 7.26. The first-order valence-corrected chi connectivity index (χ1v) is 15.0. The number of carbonyl (C=O) groups excluding carboxylic acids is 2. The van der Waals surface area contributed by atoms with E-state index < -0.39 is 16.1 Å². The second-order valence-corrected chi connectivity index (χ2v) is 11.6. The third-order valence-corrected chi connectivity index (χ3v) is 8.90. The lowest BCUT2D eigenvalue weighted by atomic mass is 10.1. The maximum Gasteiger partial charge on any atom is 0.261 e. The molecule has 2 heterocycles. The summed E-state index contributed by atoms with van der Waals surface area (Å²) in [7, 11) is -3.63. The molecular formula is C28H38N4O7S. The van der Waals surface area contributed by atoms with Crippen LogP contribution in [0.3, 0.4) is 0 Å². The molecule has 218 valence electrons. The molecule has 2 aliphatic rings. The van der Waals surface area contributed by atoms with E-state index in [-0.39, 0.29) is 29.9 Å². The van der Waals surface area contributed by atoms with Crippen LogP contribution in [0.4, 0.5) is 0 Å². The monoisotopic (exact) mass is 574 g/mol. The maximum absolute atomic E-state index is 13.3. The summed E-state index contributed by atoms with van der Waals surface area (Å²) in [4.78, 5) is 30.2. The Labute approximate surface area is 236 Å². The van der Waals surface area contributed by atoms with Crippen molar-refractivity contribution in [2.75, 3.05) is 72.3 Å². The molecule has 12 heteroatoms. The van der Waals surface area contributed by atoms with Crippen LogP contribution in [0.1, 0.15) is 12.5 Å². The minimum atomic E-state index is -3.63. The van der Waals surface area contributed by atoms with Crippen LogP contribution in [0, 0.1) is 0 Å². The van der Waals surface area contributed by atoms with Gasteiger partial charge in [-0.3, -0.25) is 14.5 Å². The molecular weight excluding hydrogens is 536 g/mol. The van der Waals surface area contributed by atoms with Crippen LogP contribution in [0.5, 0.6) is 5.75 Å². The summed E-state index contributed by atoms with van der Waals surface area (Å²) in [5.74, 6) is -0.239. The summed E-state index contributed by atoms with van der Waals surface area (Å²) in [5.41, 5.74) is 0.890. The van der Waals surface area contributed by atoms with Crippen molar-refractivity contribution in [3.8, 4) is 5.75 Å². The van der Waals surface area contributed by atoms with E-state index in [0.717, 1.165) is 25.2 Å². The number of rotatable bonds is 12. The summed E-state index contributed by atoms with van der Waals surface area (Å²) < 4.78 is 43.4. The van der Waals surface area contributed by atoms with Crippen molar-refractivity contribution in [3.63, 3.8) is 0 Å². The molecule has 2 aromatic carbocycles. The van der Waals surface area contributed by atoms with Crippen molar-refractivity contribution in [3.05, 3.63) is 60.2 Å². The van der Waals surface area contributed by atoms with Crippen molar-refractivity contribution >= 4 is 21.8 Å². The van der Waals surface area contributed by atoms with Gasteiger partial charge in [0.25, 0.3) is 5.91 Å². The van der Waals surface area contributed by atoms with Crippen molar-refractivity contribution in [1.82, 2.24) is 19.4 Å². The first-order chi connectivity index (χ1) is 19.3. The third kappa shape index (κ3) is 8.24. The van der Waals surface area contributed by atoms with Gasteiger partial charge >= 0.3 is 0 Å². The highest BCUT2D eigenvalue weighted by Gasteiger charge is 2.28. The highest BCUT2D eigenvalue weighted by molar-refractivity contribution is 7.89. The van der Waals surface area contributed by atoms with Crippen molar-refractivity contribution < 1.29 is 32.2 Å². The molecule has 0 aliphatic carbocycles. The fourth-order valence-corrected chi connectivity index (χ4v) is 5.95. The highest BCUT2D eigenvalue weighted by atomic mass is 32.2. The molecule has 2 aromatic rings. The van der Waals surface area contributed by atoms with E-state index >= 15 is 0 Å². The van der Waals surface area contributed by atoms with Gasteiger partial charge in [0, 0.05) is 45.8 Å². The van der Waals surface area contributed by atoms with Crippen molar-refractivity contribution in [1.29, 1.82) is 0 Å². The molecule has 2 aliphatic heterocycles. The van der Waals surface area contributed by atoms with Crippen LogP contribution in [0.25, 0.3) is 0 Å². The molecule has 0 bridgehead atoms. The van der Waals surface area contributed by atoms with E-state index in [4.69, 9.17) is 14.2 Å². The van der Waals surface area contributed by atoms with Gasteiger partial charge in [-0.25, -0.2) is 8.42 Å². The second-order valence-electron chi connectivity index (χ2n) is 9.70. The van der Waals surface area contributed by atoms with E-state index in [1.54, 1.807) is 6.92 Å². The van der Waals surface area contributed by atoms with E-state index in [0.29, 0.717) is 51.8 Å². The smallest absolute Gasteiger partial charge is 0.261 e. The number of nitrogens with zero attached hydrogens (tertiary/aromatic N) is 3. The van der Waals surface area contributed by atoms with Gasteiger partial charge in [0.1, 0.15) is 11.8 Å². The zero-order valence-corrected chi connectivity index (χ0v) is 23.7. The molecule has 0 saturated carbocycles. The zero-order chi connectivity index (χ0) is 28.4. The van der Waals surface area contributed by atoms with Gasteiger partial charge in [-0.05, 0) is 36.8 Å². The number of sulfonamides is 1. The zero-order valence-electron chi connectivity index (χ0n) is 22.9. The topological polar surface area (TPSA) is 118 Å². The Morgan fingerprint density at radius 3 is 2.23 bits per heavy atom. The number of amides is 2. The SMILES string of the molecule is C[C@H](C(=O)NCCN1CCOCC1)N(Cc1ccccc1)C(=O)COc1ccc(S(=O)(=O)N2CCOCC2)cc1. The molecule has 11 nitrogen and oxygen atoms in total. The molecule has 0 spiro atoms. The van der Waals surface area contributed by atoms with Crippen LogP contribution in [-0.4, -0.2) is 113 Å². The number of ether oxygens (including phenoxy) is 3. The van der Waals surface area contributed by atoms with Gasteiger partial charge in [-0.15, -0.1) is 0 Å². The maximum atomic E-state index is 13.3. The molecule has 0 aromatic heterocycles. The lowest BCUT2D eigenvalue weighted by Crippen LogP contribution is -2.50. The quantitative estimate of drug-likeness (QED) is 0.398. The fourth-order valence-electron chi connectivity index (χ4n) is 4.54. The minimum Gasteiger partial charge on any atom is -0.484 e. The Hall–Kier alpha value is -3.03. The fraction of sp³-hybridized carbons (Fsp3) is 0.500. The van der Waals surface area contributed by atoms with Crippen molar-refractivity contribution in [2.45, 2.75) is 24.4 Å². The van der Waals surface area contributed by atoms with Gasteiger partial charge < -0.3 is 24.4 Å². The number of hydrogen-bond donors (Lipinski definition) is 1. The molecule has 2 saturated heterocycles. The average Bonchev–Trinajstić information content (AvgIpc) is 3.00. The molecule has 2 amide bonds. The Balaban J connectivity index is 1.35. The number of morpholine rings is 2. The van der Waals surface area contributed by atoms with Crippen LogP contribution < -0.4 is 10.1 Å². The first-order valence-electron chi connectivity index (χ1n) is 13.6. The van der Waals surface area contributed by atoms with E-state index in [9.17, 15) is 18.0 Å². The lowest BCUT2D eigenvalue weighted by molar-refractivity contribution is -0.142. The predicted molar refractivity (Wildman–Crippen MR) is 148 cm³/mol. The van der Waals surface area contributed by atoms with E-state index in [2.05, 4.69) is 10.2 Å². The predicted octanol–water partition coefficient (Wildman–Crippen LogP) is 0.952. The van der Waals surface area contributed by atoms with Gasteiger partial charge in [0.2, 0.25) is 15.9 Å². The van der Waals surface area contributed by atoms with Gasteiger partial charge in [-0.1, -0.05) is 30.3 Å². The second kappa shape index (κ2) is 14.6. The standard InChI is InChI=1S/C28H38N4O7S/c1-23(28(34)29-11-12-30-13-17-37-18-14-30)32(21-24-5-3-2-4-6-24)27(33)22-39-25-7-9-26(10-8-25)40(35,36)31-15-19-38-20-16-31/h2-10,23H,11-22H2,1H3,(H,29,34)/t23-/m1/s1. The molecule has 0 radical (unpaired) electrons. The average molecular weight is 575 g/mol. The van der Waals surface area contributed by atoms with Crippen molar-refractivity contribution in [2.24, 2.45) is 0 Å². The number of benzene rings is 2. The number of nitrogens with one attached hydrogen (secondary N) is 1. The normalized spacial score (nSPS) is 17.6. The molecule has 1 atom stereocenters. The Morgan fingerprint density at radius 1 is 0.950 bits per heavy atom. The Bertz CT molecular complexity index is 1200. The summed E-state index contributed by atoms with van der Waals surface area (Å²) in [6.07, 6.45) is 0. The Morgan fingerprint density at radius 2 is 1.57 bits per heavy atom. The van der Waals surface area contributed by atoms with Gasteiger partial charge in [-0.2, -0.15) is 4.31 Å². The molecule has 40 heavy (non-hydrogen) atoms. The lowest BCUT2D eigenvalue weighted by Gasteiger charge is -2.30.